The van der Waals surface area contributed by atoms with Crippen LogP contribution < -0.4 is 0 Å². The highest BCUT2D eigenvalue weighted by atomic mass is 16.2. The van der Waals surface area contributed by atoms with Gasteiger partial charge in [0.2, 0.25) is 5.91 Å². The zero-order valence-electron chi connectivity index (χ0n) is 9.12. The van der Waals surface area contributed by atoms with Gasteiger partial charge in [-0.05, 0) is 37.2 Å². The van der Waals surface area contributed by atoms with Crippen molar-refractivity contribution in [2.24, 2.45) is 11.8 Å². The lowest BCUT2D eigenvalue weighted by atomic mass is 9.93. The first kappa shape index (κ1) is 12.3. The van der Waals surface area contributed by atoms with Crippen LogP contribution in [0.5, 0.6) is 0 Å². The maximum absolute atomic E-state index is 11.4. The van der Waals surface area contributed by atoms with Crippen molar-refractivity contribution in [2.45, 2.75) is 46.1 Å². The molecule has 2 fully saturated rings. The fraction of sp³-hybridized carbons (Fsp3) is 0.769. The molecular formula is C13H23NO. The zero-order valence-corrected chi connectivity index (χ0v) is 9.12. The standard InChI is InChI=1S/C12H19NO.CH4/c1-4-11(14)13-8-12(13)6-5-10(7-12)9(2)3;/h4,9-10H,1,5-8H2,2-3H3;1H4. The summed E-state index contributed by atoms with van der Waals surface area (Å²) in [5.74, 6) is 1.70. The molecule has 2 aliphatic rings. The maximum atomic E-state index is 11.4. The van der Waals surface area contributed by atoms with Gasteiger partial charge >= 0.3 is 0 Å². The van der Waals surface area contributed by atoms with Gasteiger partial charge < -0.3 is 4.90 Å². The third kappa shape index (κ3) is 1.95. The summed E-state index contributed by atoms with van der Waals surface area (Å²) in [5, 5.41) is 0. The molecule has 1 spiro atoms. The van der Waals surface area contributed by atoms with Gasteiger partial charge in [0, 0.05) is 6.54 Å². The van der Waals surface area contributed by atoms with Crippen molar-refractivity contribution < 1.29 is 4.79 Å². The summed E-state index contributed by atoms with van der Waals surface area (Å²) in [5.41, 5.74) is 0.250. The Balaban J connectivity index is 0.00000112. The number of nitrogens with zero attached hydrogens (tertiary/aromatic N) is 1. The molecule has 1 aliphatic carbocycles. The van der Waals surface area contributed by atoms with Gasteiger partial charge in [-0.3, -0.25) is 4.79 Å². The molecule has 0 aromatic rings. The molecule has 0 bridgehead atoms. The lowest BCUT2D eigenvalue weighted by Crippen LogP contribution is -2.19. The smallest absolute Gasteiger partial charge is 0.246 e. The summed E-state index contributed by atoms with van der Waals surface area (Å²) < 4.78 is 0. The monoisotopic (exact) mass is 209 g/mol. The quantitative estimate of drug-likeness (QED) is 0.506. The average Bonchev–Trinajstić information content (AvgIpc) is 2.65. The first-order valence-electron chi connectivity index (χ1n) is 5.53. The number of amides is 1. The van der Waals surface area contributed by atoms with E-state index in [2.05, 4.69) is 20.4 Å². The van der Waals surface area contributed by atoms with Crippen LogP contribution >= 0.6 is 0 Å². The predicted molar refractivity (Wildman–Crippen MR) is 63.6 cm³/mol. The lowest BCUT2D eigenvalue weighted by Gasteiger charge is -2.14. The second-order valence-electron chi connectivity index (χ2n) is 5.10. The summed E-state index contributed by atoms with van der Waals surface area (Å²) in [4.78, 5) is 13.4. The van der Waals surface area contributed by atoms with E-state index in [1.54, 1.807) is 0 Å². The molecule has 0 radical (unpaired) electrons. The van der Waals surface area contributed by atoms with Gasteiger partial charge in [-0.25, -0.2) is 0 Å². The van der Waals surface area contributed by atoms with E-state index < -0.39 is 0 Å². The highest BCUT2D eigenvalue weighted by Crippen LogP contribution is 2.50. The second-order valence-corrected chi connectivity index (χ2v) is 5.10. The van der Waals surface area contributed by atoms with Gasteiger partial charge in [0.25, 0.3) is 0 Å². The van der Waals surface area contributed by atoms with E-state index in [0.29, 0.717) is 0 Å². The number of carbonyl (C=O) groups excluding carboxylic acids is 1. The largest absolute Gasteiger partial charge is 0.329 e. The molecule has 2 atom stereocenters. The first-order chi connectivity index (χ1) is 6.59. The minimum Gasteiger partial charge on any atom is -0.329 e. The molecule has 0 aromatic carbocycles. The zero-order chi connectivity index (χ0) is 10.3. The molecule has 15 heavy (non-hydrogen) atoms. The van der Waals surface area contributed by atoms with E-state index in [1.165, 1.54) is 25.3 Å². The van der Waals surface area contributed by atoms with Crippen LogP contribution in [0.3, 0.4) is 0 Å². The van der Waals surface area contributed by atoms with Crippen LogP contribution in [-0.4, -0.2) is 22.9 Å². The van der Waals surface area contributed by atoms with Crippen LogP contribution in [0.25, 0.3) is 0 Å². The lowest BCUT2D eigenvalue weighted by molar-refractivity contribution is -0.122. The van der Waals surface area contributed by atoms with Crippen molar-refractivity contribution >= 4 is 5.91 Å². The Morgan fingerprint density at radius 1 is 1.60 bits per heavy atom. The number of rotatable bonds is 2. The molecule has 2 nitrogen and oxygen atoms in total. The SMILES string of the molecule is C.C=CC(=O)N1CC12CCC(C(C)C)C2. The molecule has 2 rings (SSSR count). The third-order valence-corrected chi connectivity index (χ3v) is 3.93. The molecule has 1 amide bonds. The summed E-state index contributed by atoms with van der Waals surface area (Å²) in [6, 6.07) is 0. The Kier molecular flexibility index (Phi) is 3.27. The van der Waals surface area contributed by atoms with E-state index in [4.69, 9.17) is 0 Å². The van der Waals surface area contributed by atoms with Gasteiger partial charge in [-0.15, -0.1) is 0 Å². The minimum absolute atomic E-state index is 0. The van der Waals surface area contributed by atoms with Crippen LogP contribution in [0.15, 0.2) is 12.7 Å². The Morgan fingerprint density at radius 2 is 2.27 bits per heavy atom. The highest BCUT2D eigenvalue weighted by molar-refractivity contribution is 5.90. The molecule has 1 heterocycles. The summed E-state index contributed by atoms with van der Waals surface area (Å²) in [7, 11) is 0. The van der Waals surface area contributed by atoms with Crippen molar-refractivity contribution in [3.63, 3.8) is 0 Å². The molecule has 2 heteroatoms. The maximum Gasteiger partial charge on any atom is 0.246 e. The molecular weight excluding hydrogens is 186 g/mol. The molecule has 2 unspecified atom stereocenters. The Hall–Kier alpha value is -0.790. The number of hydrogen-bond donors (Lipinski definition) is 0. The minimum atomic E-state index is 0. The molecule has 1 saturated heterocycles. The Labute approximate surface area is 93.3 Å². The molecule has 0 aromatic heterocycles. The highest BCUT2D eigenvalue weighted by Gasteiger charge is 2.57. The number of carbonyl (C=O) groups is 1. The van der Waals surface area contributed by atoms with Gasteiger partial charge in [0.15, 0.2) is 0 Å². The fourth-order valence-corrected chi connectivity index (χ4v) is 2.78. The van der Waals surface area contributed by atoms with Crippen LogP contribution in [-0.2, 0) is 4.79 Å². The van der Waals surface area contributed by atoms with Crippen LogP contribution in [0, 0.1) is 11.8 Å². The van der Waals surface area contributed by atoms with E-state index in [1.807, 2.05) is 4.90 Å². The van der Waals surface area contributed by atoms with E-state index in [-0.39, 0.29) is 18.9 Å². The van der Waals surface area contributed by atoms with E-state index in [9.17, 15) is 4.79 Å². The van der Waals surface area contributed by atoms with Gasteiger partial charge in [-0.2, -0.15) is 0 Å². The normalized spacial score (nSPS) is 33.0. The Bertz CT molecular complexity index is 272. The van der Waals surface area contributed by atoms with Crippen molar-refractivity contribution in [3.05, 3.63) is 12.7 Å². The molecule has 86 valence electrons. The van der Waals surface area contributed by atoms with Crippen molar-refractivity contribution in [3.8, 4) is 0 Å². The Morgan fingerprint density at radius 3 is 2.73 bits per heavy atom. The summed E-state index contributed by atoms with van der Waals surface area (Å²) in [6.07, 6.45) is 5.15. The predicted octanol–water partition coefficient (Wildman–Crippen LogP) is 2.85. The van der Waals surface area contributed by atoms with Crippen LogP contribution in [0.4, 0.5) is 0 Å². The average molecular weight is 209 g/mol. The van der Waals surface area contributed by atoms with Gasteiger partial charge in [-0.1, -0.05) is 27.9 Å². The van der Waals surface area contributed by atoms with Gasteiger partial charge in [0.1, 0.15) is 0 Å². The molecule has 1 saturated carbocycles. The molecule has 1 aliphatic heterocycles. The van der Waals surface area contributed by atoms with Crippen molar-refractivity contribution in [2.75, 3.05) is 6.54 Å². The summed E-state index contributed by atoms with van der Waals surface area (Å²) in [6.45, 7) is 9.08. The molecule has 0 N–H and O–H groups in total. The summed E-state index contributed by atoms with van der Waals surface area (Å²) >= 11 is 0. The first-order valence-corrected chi connectivity index (χ1v) is 5.53. The topological polar surface area (TPSA) is 20.1 Å². The van der Waals surface area contributed by atoms with Crippen LogP contribution in [0.1, 0.15) is 40.5 Å². The third-order valence-electron chi connectivity index (χ3n) is 3.93. The van der Waals surface area contributed by atoms with Crippen molar-refractivity contribution in [1.82, 2.24) is 4.90 Å². The number of hydrogen-bond acceptors (Lipinski definition) is 1. The van der Waals surface area contributed by atoms with Crippen LogP contribution in [0.2, 0.25) is 0 Å². The van der Waals surface area contributed by atoms with E-state index >= 15 is 0 Å². The fourth-order valence-electron chi connectivity index (χ4n) is 2.78. The second kappa shape index (κ2) is 3.99. The van der Waals surface area contributed by atoms with E-state index in [0.717, 1.165) is 18.4 Å². The van der Waals surface area contributed by atoms with Gasteiger partial charge in [0.05, 0.1) is 5.54 Å². The van der Waals surface area contributed by atoms with Crippen molar-refractivity contribution in [1.29, 1.82) is 0 Å².